The molecule has 1 aliphatic heterocycles. The molecule has 0 saturated carbocycles. The molecule has 1 aromatic heterocycles. The molecule has 0 spiro atoms. The van der Waals surface area contributed by atoms with E-state index >= 15 is 0 Å². The molecule has 1 aliphatic rings. The number of carboxylic acids is 1. The summed E-state index contributed by atoms with van der Waals surface area (Å²) in [6, 6.07) is 2.82. The Morgan fingerprint density at radius 1 is 1.38 bits per heavy atom. The van der Waals surface area contributed by atoms with E-state index in [1.54, 1.807) is 0 Å². The summed E-state index contributed by atoms with van der Waals surface area (Å²) in [6.45, 7) is 6.02. The number of hydrogen-bond donors (Lipinski definition) is 2. The predicted octanol–water partition coefficient (Wildman–Crippen LogP) is 1.24. The lowest BCUT2D eigenvalue weighted by atomic mass is 10.1. The maximum Gasteiger partial charge on any atom is 0.354 e. The van der Waals surface area contributed by atoms with Crippen molar-refractivity contribution < 1.29 is 14.7 Å². The van der Waals surface area contributed by atoms with Crippen molar-refractivity contribution >= 4 is 11.9 Å². The fourth-order valence-corrected chi connectivity index (χ4v) is 2.49. The molecule has 1 unspecified atom stereocenters. The van der Waals surface area contributed by atoms with Gasteiger partial charge in [-0.2, -0.15) is 0 Å². The summed E-state index contributed by atoms with van der Waals surface area (Å²) in [7, 11) is 0. The Kier molecular flexibility index (Phi) is 5.27. The average molecular weight is 291 g/mol. The van der Waals surface area contributed by atoms with Gasteiger partial charge in [-0.1, -0.05) is 6.92 Å². The number of hydrogen-bond acceptors (Lipinski definition) is 4. The highest BCUT2D eigenvalue weighted by atomic mass is 16.4. The minimum atomic E-state index is -1.10. The van der Waals surface area contributed by atoms with Crippen molar-refractivity contribution in [1.82, 2.24) is 15.2 Å². The molecule has 2 N–H and O–H groups in total. The van der Waals surface area contributed by atoms with Crippen LogP contribution in [0.2, 0.25) is 0 Å². The lowest BCUT2D eigenvalue weighted by molar-refractivity contribution is 0.0689. The van der Waals surface area contributed by atoms with E-state index in [4.69, 9.17) is 5.11 Å². The van der Waals surface area contributed by atoms with Crippen LogP contribution in [0.3, 0.4) is 0 Å². The largest absolute Gasteiger partial charge is 0.477 e. The molecule has 2 heterocycles. The summed E-state index contributed by atoms with van der Waals surface area (Å²) in [6.07, 6.45) is 3.82. The molecule has 0 aliphatic carbocycles. The van der Waals surface area contributed by atoms with E-state index in [-0.39, 0.29) is 11.6 Å². The van der Waals surface area contributed by atoms with Gasteiger partial charge >= 0.3 is 5.97 Å². The van der Waals surface area contributed by atoms with Crippen molar-refractivity contribution in [2.45, 2.75) is 19.8 Å². The first-order valence-electron chi connectivity index (χ1n) is 7.26. The van der Waals surface area contributed by atoms with E-state index in [1.807, 2.05) is 0 Å². The SMILES string of the molecule is CC(CNC(=O)c1ccc(C(=O)O)nc1)CN1CCCC1. The Morgan fingerprint density at radius 3 is 2.67 bits per heavy atom. The van der Waals surface area contributed by atoms with E-state index < -0.39 is 5.97 Å². The summed E-state index contributed by atoms with van der Waals surface area (Å²) < 4.78 is 0. The molecule has 1 aromatic rings. The second-order valence-corrected chi connectivity index (χ2v) is 5.56. The third kappa shape index (κ3) is 4.53. The lowest BCUT2D eigenvalue weighted by Crippen LogP contribution is -2.34. The first-order chi connectivity index (χ1) is 10.1. The third-order valence-corrected chi connectivity index (χ3v) is 3.62. The van der Waals surface area contributed by atoms with Gasteiger partial charge in [0.25, 0.3) is 5.91 Å². The van der Waals surface area contributed by atoms with Gasteiger partial charge in [-0.15, -0.1) is 0 Å². The minimum absolute atomic E-state index is 0.0612. The van der Waals surface area contributed by atoms with Crippen LogP contribution in [0.1, 0.15) is 40.6 Å². The van der Waals surface area contributed by atoms with Crippen molar-refractivity contribution in [2.75, 3.05) is 26.2 Å². The van der Waals surface area contributed by atoms with Gasteiger partial charge in [-0.3, -0.25) is 4.79 Å². The third-order valence-electron chi connectivity index (χ3n) is 3.62. The second kappa shape index (κ2) is 7.17. The van der Waals surface area contributed by atoms with Gasteiger partial charge in [0.05, 0.1) is 5.56 Å². The van der Waals surface area contributed by atoms with Crippen LogP contribution < -0.4 is 5.32 Å². The van der Waals surface area contributed by atoms with Crippen LogP contribution in [-0.2, 0) is 0 Å². The van der Waals surface area contributed by atoms with E-state index in [0.717, 1.165) is 19.6 Å². The number of carbonyl (C=O) groups is 2. The molecule has 0 aromatic carbocycles. The van der Waals surface area contributed by atoms with Gasteiger partial charge in [0, 0.05) is 19.3 Å². The van der Waals surface area contributed by atoms with Crippen LogP contribution in [0.5, 0.6) is 0 Å². The molecule has 1 fully saturated rings. The molecule has 2 rings (SSSR count). The zero-order valence-electron chi connectivity index (χ0n) is 12.2. The maximum atomic E-state index is 12.0. The van der Waals surface area contributed by atoms with Crippen molar-refractivity contribution in [1.29, 1.82) is 0 Å². The first kappa shape index (κ1) is 15.4. The molecule has 0 bridgehead atoms. The fourth-order valence-electron chi connectivity index (χ4n) is 2.49. The van der Waals surface area contributed by atoms with Crippen LogP contribution in [0.4, 0.5) is 0 Å². The summed E-state index contributed by atoms with van der Waals surface area (Å²) in [5, 5.41) is 11.6. The molecule has 114 valence electrons. The predicted molar refractivity (Wildman–Crippen MR) is 78.4 cm³/mol. The number of carboxylic acid groups (broad SMARTS) is 1. The zero-order valence-corrected chi connectivity index (χ0v) is 12.2. The maximum absolute atomic E-state index is 12.0. The number of nitrogens with zero attached hydrogens (tertiary/aromatic N) is 2. The number of nitrogens with one attached hydrogen (secondary N) is 1. The summed E-state index contributed by atoms with van der Waals surface area (Å²) in [5.41, 5.74) is 0.322. The van der Waals surface area contributed by atoms with E-state index in [9.17, 15) is 9.59 Å². The molecule has 6 heteroatoms. The van der Waals surface area contributed by atoms with Crippen LogP contribution in [-0.4, -0.2) is 53.0 Å². The lowest BCUT2D eigenvalue weighted by Gasteiger charge is -2.20. The highest BCUT2D eigenvalue weighted by Gasteiger charge is 2.15. The quantitative estimate of drug-likeness (QED) is 0.824. The van der Waals surface area contributed by atoms with Gasteiger partial charge < -0.3 is 15.3 Å². The van der Waals surface area contributed by atoms with Crippen LogP contribution in [0.15, 0.2) is 18.3 Å². The van der Waals surface area contributed by atoms with Gasteiger partial charge in [-0.25, -0.2) is 9.78 Å². The van der Waals surface area contributed by atoms with Gasteiger partial charge in [-0.05, 0) is 44.0 Å². The average Bonchev–Trinajstić information content (AvgIpc) is 2.97. The zero-order chi connectivity index (χ0) is 15.2. The number of aromatic carboxylic acids is 1. The molecule has 1 saturated heterocycles. The monoisotopic (exact) mass is 291 g/mol. The molecule has 0 radical (unpaired) electrons. The van der Waals surface area contributed by atoms with Crippen LogP contribution in [0.25, 0.3) is 0 Å². The molecular formula is C15H21N3O3. The number of rotatable bonds is 6. The van der Waals surface area contributed by atoms with Crippen molar-refractivity contribution in [3.63, 3.8) is 0 Å². The van der Waals surface area contributed by atoms with Gasteiger partial charge in [0.1, 0.15) is 5.69 Å². The van der Waals surface area contributed by atoms with Gasteiger partial charge in [0.15, 0.2) is 0 Å². The molecule has 21 heavy (non-hydrogen) atoms. The highest BCUT2D eigenvalue weighted by molar-refractivity contribution is 5.94. The van der Waals surface area contributed by atoms with E-state index in [1.165, 1.54) is 31.2 Å². The number of pyridine rings is 1. The van der Waals surface area contributed by atoms with E-state index in [0.29, 0.717) is 18.0 Å². The first-order valence-corrected chi connectivity index (χ1v) is 7.26. The minimum Gasteiger partial charge on any atom is -0.477 e. The Labute approximate surface area is 124 Å². The van der Waals surface area contributed by atoms with Gasteiger partial charge in [0.2, 0.25) is 0 Å². The summed E-state index contributed by atoms with van der Waals surface area (Å²) in [5.74, 6) is -0.924. The summed E-state index contributed by atoms with van der Waals surface area (Å²) >= 11 is 0. The Balaban J connectivity index is 1.79. The molecule has 1 amide bonds. The number of likely N-dealkylation sites (tertiary alicyclic amines) is 1. The molecule has 6 nitrogen and oxygen atoms in total. The number of aromatic nitrogens is 1. The second-order valence-electron chi connectivity index (χ2n) is 5.56. The van der Waals surface area contributed by atoms with Crippen molar-refractivity contribution in [2.24, 2.45) is 5.92 Å². The number of amides is 1. The van der Waals surface area contributed by atoms with E-state index in [2.05, 4.69) is 22.1 Å². The smallest absolute Gasteiger partial charge is 0.354 e. The Bertz CT molecular complexity index is 495. The number of carbonyl (C=O) groups excluding carboxylic acids is 1. The summed E-state index contributed by atoms with van der Waals surface area (Å²) in [4.78, 5) is 28.8. The highest BCUT2D eigenvalue weighted by Crippen LogP contribution is 2.10. The Hall–Kier alpha value is -1.95. The molecule has 1 atom stereocenters. The van der Waals surface area contributed by atoms with Crippen molar-refractivity contribution in [3.05, 3.63) is 29.6 Å². The van der Waals surface area contributed by atoms with Crippen LogP contribution >= 0.6 is 0 Å². The topological polar surface area (TPSA) is 82.5 Å². The standard InChI is InChI=1S/C15H21N3O3/c1-11(10-18-6-2-3-7-18)8-17-14(19)12-4-5-13(15(20)21)16-9-12/h4-5,9,11H,2-3,6-8,10H2,1H3,(H,17,19)(H,20,21). The van der Waals surface area contributed by atoms with Crippen molar-refractivity contribution in [3.8, 4) is 0 Å². The Morgan fingerprint density at radius 2 is 2.10 bits per heavy atom. The normalized spacial score (nSPS) is 16.6. The van der Waals surface area contributed by atoms with Crippen LogP contribution in [0, 0.1) is 5.92 Å². The fraction of sp³-hybridized carbons (Fsp3) is 0.533. The molecular weight excluding hydrogens is 270 g/mol.